The highest BCUT2D eigenvalue weighted by Crippen LogP contribution is 2.27. The minimum Gasteiger partial charge on any atom is -0.366 e. The van der Waals surface area contributed by atoms with E-state index in [-0.39, 0.29) is 18.8 Å². The van der Waals surface area contributed by atoms with Crippen LogP contribution in [0.25, 0.3) is 0 Å². The summed E-state index contributed by atoms with van der Waals surface area (Å²) in [7, 11) is 1.67. The second kappa shape index (κ2) is 6.94. The fourth-order valence-electron chi connectivity index (χ4n) is 2.94. The van der Waals surface area contributed by atoms with Crippen molar-refractivity contribution < 1.29 is 14.3 Å². The Kier molecular flexibility index (Phi) is 4.71. The average molecular weight is 343 g/mol. The topological polar surface area (TPSA) is 100 Å². The summed E-state index contributed by atoms with van der Waals surface area (Å²) >= 11 is 0. The van der Waals surface area contributed by atoms with Crippen LogP contribution in [0.5, 0.6) is 0 Å². The molecule has 0 aromatic heterocycles. The first-order valence-electron chi connectivity index (χ1n) is 7.98. The molecule has 3 amide bonds. The normalized spacial score (nSPS) is 24.1. The lowest BCUT2D eigenvalue weighted by Gasteiger charge is -2.34. The number of carbonyl (C=O) groups is 2. The molecule has 3 N–H and O–H groups in total. The SMILES string of the molecule is C/C1=C(\C2CC=NN2)COCN(C)C(=O)N1c1cccc(C(N)=O)c1. The third-order valence-electron chi connectivity index (χ3n) is 4.33. The molecular weight excluding hydrogens is 322 g/mol. The number of nitrogens with two attached hydrogens (primary N) is 1. The van der Waals surface area contributed by atoms with E-state index in [1.165, 1.54) is 4.90 Å². The van der Waals surface area contributed by atoms with Crippen LogP contribution in [0, 0.1) is 0 Å². The zero-order valence-electron chi connectivity index (χ0n) is 14.2. The van der Waals surface area contributed by atoms with Crippen molar-refractivity contribution in [3.8, 4) is 0 Å². The zero-order valence-corrected chi connectivity index (χ0v) is 14.2. The Morgan fingerprint density at radius 1 is 1.44 bits per heavy atom. The Labute approximate surface area is 145 Å². The number of primary amides is 1. The quantitative estimate of drug-likeness (QED) is 0.862. The fraction of sp³-hybridized carbons (Fsp3) is 0.353. The number of urea groups is 1. The molecule has 1 atom stereocenters. The van der Waals surface area contributed by atoms with Gasteiger partial charge in [-0.25, -0.2) is 4.79 Å². The van der Waals surface area contributed by atoms with Crippen LogP contribution in [0.2, 0.25) is 0 Å². The van der Waals surface area contributed by atoms with E-state index in [1.54, 1.807) is 42.4 Å². The number of hydrogen-bond donors (Lipinski definition) is 2. The van der Waals surface area contributed by atoms with Gasteiger partial charge in [0.1, 0.15) is 6.73 Å². The first-order chi connectivity index (χ1) is 12.0. The molecule has 2 heterocycles. The number of nitrogens with one attached hydrogen (secondary N) is 1. The lowest BCUT2D eigenvalue weighted by molar-refractivity contribution is 0.0694. The fourth-order valence-corrected chi connectivity index (χ4v) is 2.94. The molecule has 0 bridgehead atoms. The molecule has 3 rings (SSSR count). The number of hydrazone groups is 1. The molecule has 0 spiro atoms. The summed E-state index contributed by atoms with van der Waals surface area (Å²) < 4.78 is 5.65. The Morgan fingerprint density at radius 2 is 2.24 bits per heavy atom. The van der Waals surface area contributed by atoms with Gasteiger partial charge >= 0.3 is 6.03 Å². The van der Waals surface area contributed by atoms with Crippen LogP contribution in [-0.4, -0.2) is 49.5 Å². The van der Waals surface area contributed by atoms with E-state index >= 15 is 0 Å². The monoisotopic (exact) mass is 343 g/mol. The lowest BCUT2D eigenvalue weighted by Crippen LogP contribution is -2.45. The Morgan fingerprint density at radius 3 is 2.92 bits per heavy atom. The van der Waals surface area contributed by atoms with E-state index in [9.17, 15) is 9.59 Å². The summed E-state index contributed by atoms with van der Waals surface area (Å²) in [5.41, 5.74) is 11.1. The molecule has 8 nitrogen and oxygen atoms in total. The molecule has 0 aliphatic carbocycles. The van der Waals surface area contributed by atoms with Crippen LogP contribution in [0.4, 0.5) is 10.5 Å². The zero-order chi connectivity index (χ0) is 18.0. The van der Waals surface area contributed by atoms with Crippen molar-refractivity contribution in [2.24, 2.45) is 10.8 Å². The minimum atomic E-state index is -0.536. The molecule has 0 fully saturated rings. The third-order valence-corrected chi connectivity index (χ3v) is 4.33. The van der Waals surface area contributed by atoms with Crippen molar-refractivity contribution in [3.63, 3.8) is 0 Å². The maximum absolute atomic E-state index is 12.9. The molecule has 25 heavy (non-hydrogen) atoms. The number of anilines is 1. The van der Waals surface area contributed by atoms with Crippen LogP contribution in [0.3, 0.4) is 0 Å². The Bertz CT molecular complexity index is 750. The molecule has 0 saturated carbocycles. The second-order valence-corrected chi connectivity index (χ2v) is 6.05. The number of ether oxygens (including phenoxy) is 1. The van der Waals surface area contributed by atoms with Crippen LogP contribution >= 0.6 is 0 Å². The molecule has 8 heteroatoms. The molecule has 2 aliphatic heterocycles. The van der Waals surface area contributed by atoms with Crippen molar-refractivity contribution in [1.82, 2.24) is 10.3 Å². The smallest absolute Gasteiger partial charge is 0.330 e. The van der Waals surface area contributed by atoms with Gasteiger partial charge in [0.2, 0.25) is 5.91 Å². The number of rotatable bonds is 3. The van der Waals surface area contributed by atoms with Gasteiger partial charge in [0.25, 0.3) is 0 Å². The lowest BCUT2D eigenvalue weighted by atomic mass is 10.0. The predicted octanol–water partition coefficient (Wildman–Crippen LogP) is 1.25. The van der Waals surface area contributed by atoms with Gasteiger partial charge in [0.05, 0.1) is 18.3 Å². The van der Waals surface area contributed by atoms with E-state index in [0.717, 1.165) is 17.7 Å². The van der Waals surface area contributed by atoms with E-state index < -0.39 is 5.91 Å². The molecule has 132 valence electrons. The first-order valence-corrected chi connectivity index (χ1v) is 7.98. The first kappa shape index (κ1) is 17.0. The third kappa shape index (κ3) is 3.34. The predicted molar refractivity (Wildman–Crippen MR) is 94.1 cm³/mol. The summed E-state index contributed by atoms with van der Waals surface area (Å²) in [5, 5.41) is 4.06. The van der Waals surface area contributed by atoms with Gasteiger partial charge in [-0.05, 0) is 30.7 Å². The Hall–Kier alpha value is -2.87. The molecule has 2 aliphatic rings. The highest BCUT2D eigenvalue weighted by molar-refractivity contribution is 5.98. The van der Waals surface area contributed by atoms with Gasteiger partial charge in [0.15, 0.2) is 0 Å². The van der Waals surface area contributed by atoms with E-state index in [2.05, 4.69) is 10.5 Å². The van der Waals surface area contributed by atoms with Gasteiger partial charge in [-0.15, -0.1) is 0 Å². The summed E-state index contributed by atoms with van der Waals surface area (Å²) in [5.74, 6) is -0.536. The van der Waals surface area contributed by atoms with Crippen molar-refractivity contribution in [1.29, 1.82) is 0 Å². The van der Waals surface area contributed by atoms with Crippen LogP contribution in [0.1, 0.15) is 23.7 Å². The van der Waals surface area contributed by atoms with Crippen molar-refractivity contribution >= 4 is 23.8 Å². The molecule has 1 aromatic carbocycles. The number of benzene rings is 1. The molecule has 1 unspecified atom stereocenters. The van der Waals surface area contributed by atoms with Crippen molar-refractivity contribution in [3.05, 3.63) is 41.1 Å². The van der Waals surface area contributed by atoms with Gasteiger partial charge in [-0.1, -0.05) is 6.07 Å². The maximum Gasteiger partial charge on any atom is 0.330 e. The summed E-state index contributed by atoms with van der Waals surface area (Å²) in [6.07, 6.45) is 2.53. The highest BCUT2D eigenvalue weighted by atomic mass is 16.5. The largest absolute Gasteiger partial charge is 0.366 e. The highest BCUT2D eigenvalue weighted by Gasteiger charge is 2.29. The number of hydrogen-bond acceptors (Lipinski definition) is 5. The standard InChI is InChI=1S/C17H21N5O3/c1-11-14(15-6-7-19-20-15)9-25-10-21(2)17(24)22(11)13-5-3-4-12(8-13)16(18)23/h3-5,7-8,15,20H,6,9-10H2,1-2H3,(H2,18,23)/b14-11+. The Balaban J connectivity index is 2.08. The summed E-state index contributed by atoms with van der Waals surface area (Å²) in [6, 6.07) is 6.48. The minimum absolute atomic E-state index is 0.0157. The molecule has 0 saturated heterocycles. The van der Waals surface area contributed by atoms with Gasteiger partial charge < -0.3 is 20.8 Å². The summed E-state index contributed by atoms with van der Waals surface area (Å²) in [4.78, 5) is 27.5. The average Bonchev–Trinajstić information content (AvgIpc) is 3.12. The van der Waals surface area contributed by atoms with Crippen molar-refractivity contribution in [2.45, 2.75) is 19.4 Å². The summed E-state index contributed by atoms with van der Waals surface area (Å²) in [6.45, 7) is 2.43. The van der Waals surface area contributed by atoms with Gasteiger partial charge in [-0.2, -0.15) is 5.10 Å². The van der Waals surface area contributed by atoms with E-state index in [1.807, 2.05) is 6.92 Å². The number of nitrogens with zero attached hydrogens (tertiary/aromatic N) is 3. The van der Waals surface area contributed by atoms with Crippen molar-refractivity contribution in [2.75, 3.05) is 25.3 Å². The van der Waals surface area contributed by atoms with Crippen LogP contribution in [-0.2, 0) is 4.74 Å². The molecule has 0 radical (unpaired) electrons. The number of carbonyl (C=O) groups excluding carboxylic acids is 2. The van der Waals surface area contributed by atoms with Crippen LogP contribution in [0.15, 0.2) is 40.6 Å². The molecular formula is C17H21N5O3. The van der Waals surface area contributed by atoms with Gasteiger partial charge in [-0.3, -0.25) is 9.69 Å². The number of amides is 3. The van der Waals surface area contributed by atoms with E-state index in [0.29, 0.717) is 17.9 Å². The van der Waals surface area contributed by atoms with Gasteiger partial charge in [0, 0.05) is 30.9 Å². The van der Waals surface area contributed by atoms with E-state index in [4.69, 9.17) is 10.5 Å². The molecule has 1 aromatic rings. The van der Waals surface area contributed by atoms with Crippen LogP contribution < -0.4 is 16.1 Å². The second-order valence-electron chi connectivity index (χ2n) is 6.05. The number of allylic oxidation sites excluding steroid dienone is 1. The maximum atomic E-state index is 12.9.